The lowest BCUT2D eigenvalue weighted by atomic mass is 10.2. The molecule has 2 rings (SSSR count). The van der Waals surface area contributed by atoms with Crippen molar-refractivity contribution in [1.29, 1.82) is 0 Å². The Morgan fingerprint density at radius 2 is 1.88 bits per heavy atom. The van der Waals surface area contributed by atoms with Crippen molar-refractivity contribution in [3.63, 3.8) is 0 Å². The summed E-state index contributed by atoms with van der Waals surface area (Å²) in [5.74, 6) is -1.41. The lowest BCUT2D eigenvalue weighted by molar-refractivity contribution is -0.139. The molecule has 4 nitrogen and oxygen atoms in total. The number of rotatable bonds is 5. The third kappa shape index (κ3) is 4.37. The van der Waals surface area contributed by atoms with Gasteiger partial charge in [0.25, 0.3) is 0 Å². The number of halogens is 4. The standard InChI is InChI=1S/C16H14F4N2O2/c1-24-14-5-3-2-4-13(14)22-15(23)9-21-10-6-7-12(17)11(8-10)16(18,19)20/h2-8,21H,9H2,1H3,(H,22,23). The van der Waals surface area contributed by atoms with Gasteiger partial charge in [0.2, 0.25) is 5.91 Å². The van der Waals surface area contributed by atoms with Crippen molar-refractivity contribution in [3.8, 4) is 5.75 Å². The van der Waals surface area contributed by atoms with Crippen LogP contribution in [0.3, 0.4) is 0 Å². The van der Waals surface area contributed by atoms with E-state index in [0.29, 0.717) is 23.6 Å². The molecule has 8 heteroatoms. The zero-order valence-electron chi connectivity index (χ0n) is 12.6. The molecule has 2 N–H and O–H groups in total. The summed E-state index contributed by atoms with van der Waals surface area (Å²) in [7, 11) is 1.44. The summed E-state index contributed by atoms with van der Waals surface area (Å²) in [5, 5.41) is 5.09. The van der Waals surface area contributed by atoms with Crippen LogP contribution < -0.4 is 15.4 Å². The summed E-state index contributed by atoms with van der Waals surface area (Å²) in [6, 6.07) is 9.13. The van der Waals surface area contributed by atoms with Crippen molar-refractivity contribution < 1.29 is 27.1 Å². The van der Waals surface area contributed by atoms with Crippen molar-refractivity contribution in [2.75, 3.05) is 24.3 Å². The highest BCUT2D eigenvalue weighted by molar-refractivity contribution is 5.95. The number of para-hydroxylation sites is 2. The molecule has 0 aliphatic rings. The highest BCUT2D eigenvalue weighted by Crippen LogP contribution is 2.33. The number of amides is 1. The lowest BCUT2D eigenvalue weighted by Gasteiger charge is -2.13. The Kier molecular flexibility index (Phi) is 5.28. The number of carbonyl (C=O) groups is 1. The first-order chi connectivity index (χ1) is 11.3. The molecule has 0 radical (unpaired) electrons. The molecule has 0 saturated carbocycles. The van der Waals surface area contributed by atoms with E-state index in [1.54, 1.807) is 24.3 Å². The second-order valence-electron chi connectivity index (χ2n) is 4.79. The van der Waals surface area contributed by atoms with E-state index in [1.807, 2.05) is 0 Å². The maximum Gasteiger partial charge on any atom is 0.419 e. The van der Waals surface area contributed by atoms with Gasteiger partial charge in [-0.1, -0.05) is 12.1 Å². The van der Waals surface area contributed by atoms with E-state index in [9.17, 15) is 22.4 Å². The minimum atomic E-state index is -4.80. The van der Waals surface area contributed by atoms with Crippen LogP contribution in [0.25, 0.3) is 0 Å². The molecule has 0 bridgehead atoms. The highest BCUT2D eigenvalue weighted by Gasteiger charge is 2.34. The molecule has 0 fully saturated rings. The van der Waals surface area contributed by atoms with Gasteiger partial charge in [-0.2, -0.15) is 13.2 Å². The Morgan fingerprint density at radius 3 is 2.54 bits per heavy atom. The van der Waals surface area contributed by atoms with Gasteiger partial charge in [-0.3, -0.25) is 4.79 Å². The average Bonchev–Trinajstić information content (AvgIpc) is 2.53. The third-order valence-corrected chi connectivity index (χ3v) is 3.11. The smallest absolute Gasteiger partial charge is 0.419 e. The largest absolute Gasteiger partial charge is 0.495 e. The molecular weight excluding hydrogens is 328 g/mol. The lowest BCUT2D eigenvalue weighted by Crippen LogP contribution is -2.22. The van der Waals surface area contributed by atoms with Gasteiger partial charge in [0.05, 0.1) is 24.9 Å². The predicted octanol–water partition coefficient (Wildman–Crippen LogP) is 3.90. The maximum atomic E-state index is 13.2. The second-order valence-corrected chi connectivity index (χ2v) is 4.79. The molecule has 0 unspecified atom stereocenters. The van der Waals surface area contributed by atoms with Crippen LogP contribution in [-0.4, -0.2) is 19.6 Å². The summed E-state index contributed by atoms with van der Waals surface area (Å²) in [6.07, 6.45) is -4.80. The first kappa shape index (κ1) is 17.6. The topological polar surface area (TPSA) is 50.4 Å². The number of hydrogen-bond acceptors (Lipinski definition) is 3. The van der Waals surface area contributed by atoms with Crippen molar-refractivity contribution in [1.82, 2.24) is 0 Å². The van der Waals surface area contributed by atoms with Crippen LogP contribution in [0.4, 0.5) is 28.9 Å². The molecule has 0 spiro atoms. The Labute approximate surface area is 135 Å². The monoisotopic (exact) mass is 342 g/mol. The third-order valence-electron chi connectivity index (χ3n) is 3.11. The minimum absolute atomic E-state index is 0.0149. The molecule has 24 heavy (non-hydrogen) atoms. The van der Waals surface area contributed by atoms with Crippen molar-refractivity contribution in [2.24, 2.45) is 0 Å². The van der Waals surface area contributed by atoms with E-state index in [4.69, 9.17) is 4.74 Å². The molecule has 1 amide bonds. The Balaban J connectivity index is 2.02. The van der Waals surface area contributed by atoms with Gasteiger partial charge in [0.1, 0.15) is 11.6 Å². The fourth-order valence-electron chi connectivity index (χ4n) is 1.98. The van der Waals surface area contributed by atoms with Crippen LogP contribution in [-0.2, 0) is 11.0 Å². The number of ether oxygens (including phenoxy) is 1. The van der Waals surface area contributed by atoms with Gasteiger partial charge in [-0.25, -0.2) is 4.39 Å². The van der Waals surface area contributed by atoms with Gasteiger partial charge < -0.3 is 15.4 Å². The van der Waals surface area contributed by atoms with E-state index in [1.165, 1.54) is 7.11 Å². The summed E-state index contributed by atoms with van der Waals surface area (Å²) in [5.41, 5.74) is -0.974. The highest BCUT2D eigenvalue weighted by atomic mass is 19.4. The van der Waals surface area contributed by atoms with Crippen LogP contribution >= 0.6 is 0 Å². The van der Waals surface area contributed by atoms with E-state index in [2.05, 4.69) is 10.6 Å². The first-order valence-corrected chi connectivity index (χ1v) is 6.84. The first-order valence-electron chi connectivity index (χ1n) is 6.84. The number of anilines is 2. The number of methoxy groups -OCH3 is 1. The molecule has 128 valence electrons. The van der Waals surface area contributed by atoms with Crippen LogP contribution in [0.15, 0.2) is 42.5 Å². The van der Waals surface area contributed by atoms with Gasteiger partial charge in [-0.15, -0.1) is 0 Å². The predicted molar refractivity (Wildman–Crippen MR) is 81.5 cm³/mol. The summed E-state index contributed by atoms with van der Waals surface area (Å²) < 4.78 is 56.2. The number of benzene rings is 2. The van der Waals surface area contributed by atoms with Crippen LogP contribution in [0.5, 0.6) is 5.75 Å². The number of nitrogens with one attached hydrogen (secondary N) is 2. The molecule has 0 heterocycles. The average molecular weight is 342 g/mol. The van der Waals surface area contributed by atoms with E-state index < -0.39 is 23.5 Å². The van der Waals surface area contributed by atoms with Crippen LogP contribution in [0, 0.1) is 5.82 Å². The number of hydrogen-bond donors (Lipinski definition) is 2. The van der Waals surface area contributed by atoms with Crippen LogP contribution in [0.1, 0.15) is 5.56 Å². The molecular formula is C16H14F4N2O2. The van der Waals surface area contributed by atoms with Crippen molar-refractivity contribution in [3.05, 3.63) is 53.8 Å². The van der Waals surface area contributed by atoms with E-state index >= 15 is 0 Å². The molecule has 2 aromatic rings. The number of carbonyl (C=O) groups excluding carboxylic acids is 1. The SMILES string of the molecule is COc1ccccc1NC(=O)CNc1ccc(F)c(C(F)(F)F)c1. The maximum absolute atomic E-state index is 13.2. The molecule has 0 aliphatic heterocycles. The fraction of sp³-hybridized carbons (Fsp3) is 0.188. The summed E-state index contributed by atoms with van der Waals surface area (Å²) in [4.78, 5) is 11.9. The summed E-state index contributed by atoms with van der Waals surface area (Å²) >= 11 is 0. The van der Waals surface area contributed by atoms with Crippen molar-refractivity contribution >= 4 is 17.3 Å². The van der Waals surface area contributed by atoms with Crippen LogP contribution in [0.2, 0.25) is 0 Å². The van der Waals surface area contributed by atoms with E-state index in [0.717, 1.165) is 6.07 Å². The Bertz CT molecular complexity index is 732. The van der Waals surface area contributed by atoms with Gasteiger partial charge in [-0.05, 0) is 30.3 Å². The molecule has 0 aliphatic carbocycles. The zero-order chi connectivity index (χ0) is 17.7. The summed E-state index contributed by atoms with van der Waals surface area (Å²) in [6.45, 7) is -0.291. The van der Waals surface area contributed by atoms with E-state index in [-0.39, 0.29) is 12.2 Å². The van der Waals surface area contributed by atoms with Gasteiger partial charge in [0.15, 0.2) is 0 Å². The molecule has 0 saturated heterocycles. The number of alkyl halides is 3. The Hall–Kier alpha value is -2.77. The molecule has 0 aromatic heterocycles. The van der Waals surface area contributed by atoms with Gasteiger partial charge >= 0.3 is 6.18 Å². The molecule has 0 atom stereocenters. The quantitative estimate of drug-likeness (QED) is 0.810. The molecule has 2 aromatic carbocycles. The zero-order valence-corrected chi connectivity index (χ0v) is 12.6. The van der Waals surface area contributed by atoms with Gasteiger partial charge in [0, 0.05) is 5.69 Å². The minimum Gasteiger partial charge on any atom is -0.495 e. The fourth-order valence-corrected chi connectivity index (χ4v) is 1.98. The Morgan fingerprint density at radius 1 is 1.17 bits per heavy atom. The normalized spacial score (nSPS) is 11.0. The second kappa shape index (κ2) is 7.20. The van der Waals surface area contributed by atoms with Crippen molar-refractivity contribution in [2.45, 2.75) is 6.18 Å².